The standard InChI is InChI=1S/C42H45N11O7/c1-24-13-29-19-44-31-17-35(34(59-5)16-30(31)42(58)53(29)20-24)60-12-6-7-37(54)48-36-23-52(4)38(49-36)41(57)47-28-15-33(51(3)22-28)40(56)46-27-14-32(50(2)21-27)39(55)45-18-25-8-10-26(43)11-9-25/h8-11,14-17,19,21-23,29H,1,6-7,12-13,18,20,43H2,2-5H3,(H,45,55)(H,46,56)(H,47,57)(H,48,54). The highest BCUT2D eigenvalue weighted by atomic mass is 16.5. The second kappa shape index (κ2) is 17.1. The molecule has 2 aliphatic rings. The Morgan fingerprint density at radius 3 is 2.25 bits per heavy atom. The Morgan fingerprint density at radius 2 is 1.55 bits per heavy atom. The number of methoxy groups -OCH3 is 1. The molecule has 3 aromatic heterocycles. The number of aryl methyl sites for hydroxylation is 3. The number of nitrogens with two attached hydrogens (primary N) is 1. The van der Waals surface area contributed by atoms with Crippen LogP contribution in [-0.4, -0.2) is 85.6 Å². The van der Waals surface area contributed by atoms with Gasteiger partial charge in [-0.15, -0.1) is 0 Å². The van der Waals surface area contributed by atoms with Crippen LogP contribution in [0.1, 0.15) is 66.8 Å². The highest BCUT2D eigenvalue weighted by Crippen LogP contribution is 2.38. The molecule has 2 aliphatic heterocycles. The molecular weight excluding hydrogens is 771 g/mol. The SMILES string of the molecule is C=C1CC2C=Nc3cc(OCCCC(=O)Nc4cn(C)c(C(=O)Nc5cc(C(=O)Nc6cc(C(=O)NCc7ccc(N)cc7)n(C)c6)n(C)c5)n4)c(OC)cc3C(=O)N2C1. The number of fused-ring (bicyclic) bond motifs is 2. The quantitative estimate of drug-likeness (QED) is 0.0608. The fourth-order valence-electron chi connectivity index (χ4n) is 6.97. The zero-order valence-electron chi connectivity index (χ0n) is 33.6. The number of aliphatic imine (C=N–C) groups is 1. The Bertz CT molecular complexity index is 2550. The Kier molecular flexibility index (Phi) is 11.5. The van der Waals surface area contributed by atoms with Gasteiger partial charge < -0.3 is 55.1 Å². The molecule has 310 valence electrons. The summed E-state index contributed by atoms with van der Waals surface area (Å²) in [6.07, 6.45) is 7.60. The molecule has 2 aromatic carbocycles. The average molecular weight is 816 g/mol. The number of anilines is 4. The first kappa shape index (κ1) is 40.6. The summed E-state index contributed by atoms with van der Waals surface area (Å²) >= 11 is 0. The second-order valence-corrected chi connectivity index (χ2v) is 14.6. The van der Waals surface area contributed by atoms with Gasteiger partial charge in [-0.2, -0.15) is 0 Å². The molecule has 18 nitrogen and oxygen atoms in total. The highest BCUT2D eigenvalue weighted by Gasteiger charge is 2.34. The van der Waals surface area contributed by atoms with Crippen LogP contribution >= 0.6 is 0 Å². The maximum atomic E-state index is 13.2. The number of carbonyl (C=O) groups is 5. The number of nitrogen functional groups attached to an aromatic ring is 1. The number of nitrogens with one attached hydrogen (secondary N) is 4. The molecule has 6 N–H and O–H groups in total. The minimum Gasteiger partial charge on any atom is -0.493 e. The van der Waals surface area contributed by atoms with Crippen molar-refractivity contribution in [2.45, 2.75) is 31.8 Å². The van der Waals surface area contributed by atoms with Crippen molar-refractivity contribution >= 4 is 64.3 Å². The van der Waals surface area contributed by atoms with E-state index < -0.39 is 11.8 Å². The van der Waals surface area contributed by atoms with E-state index in [9.17, 15) is 24.0 Å². The van der Waals surface area contributed by atoms with Crippen LogP contribution in [0.3, 0.4) is 0 Å². The summed E-state index contributed by atoms with van der Waals surface area (Å²) in [4.78, 5) is 76.0. The van der Waals surface area contributed by atoms with E-state index in [0.29, 0.717) is 71.4 Å². The van der Waals surface area contributed by atoms with Gasteiger partial charge in [0.2, 0.25) is 11.7 Å². The molecule has 0 spiro atoms. The van der Waals surface area contributed by atoms with Crippen LogP contribution in [0.15, 0.2) is 84.3 Å². The maximum Gasteiger partial charge on any atom is 0.291 e. The zero-order valence-corrected chi connectivity index (χ0v) is 33.6. The molecule has 60 heavy (non-hydrogen) atoms. The van der Waals surface area contributed by atoms with Crippen LogP contribution in [-0.2, 0) is 32.5 Å². The molecule has 1 fully saturated rings. The van der Waals surface area contributed by atoms with Gasteiger partial charge >= 0.3 is 0 Å². The zero-order chi connectivity index (χ0) is 42.7. The van der Waals surface area contributed by atoms with Gasteiger partial charge in [0.05, 0.1) is 42.4 Å². The molecule has 0 aliphatic carbocycles. The van der Waals surface area contributed by atoms with Crippen molar-refractivity contribution in [3.05, 3.63) is 108 Å². The van der Waals surface area contributed by atoms with E-state index in [2.05, 4.69) is 37.8 Å². The van der Waals surface area contributed by atoms with Crippen molar-refractivity contribution in [2.24, 2.45) is 26.1 Å². The summed E-state index contributed by atoms with van der Waals surface area (Å²) in [6.45, 7) is 4.98. The number of carbonyl (C=O) groups excluding carboxylic acids is 5. The average Bonchev–Trinajstić information content (AvgIpc) is 3.97. The van der Waals surface area contributed by atoms with Crippen molar-refractivity contribution in [1.29, 1.82) is 0 Å². The minimum absolute atomic E-state index is 0.0248. The van der Waals surface area contributed by atoms with Gasteiger partial charge in [0, 0.05) is 77.2 Å². The van der Waals surface area contributed by atoms with E-state index in [1.165, 1.54) is 23.9 Å². The molecule has 5 amide bonds. The van der Waals surface area contributed by atoms with Crippen LogP contribution in [0.2, 0.25) is 0 Å². The maximum absolute atomic E-state index is 13.2. The summed E-state index contributed by atoms with van der Waals surface area (Å²) < 4.78 is 16.1. The van der Waals surface area contributed by atoms with Crippen LogP contribution in [0, 0.1) is 0 Å². The second-order valence-electron chi connectivity index (χ2n) is 14.6. The van der Waals surface area contributed by atoms with Crippen molar-refractivity contribution in [2.75, 3.05) is 41.9 Å². The van der Waals surface area contributed by atoms with Crippen molar-refractivity contribution < 1.29 is 33.4 Å². The number of hydrogen-bond donors (Lipinski definition) is 5. The molecule has 0 saturated carbocycles. The number of ether oxygens (including phenoxy) is 2. The number of benzene rings is 2. The lowest BCUT2D eigenvalue weighted by Gasteiger charge is -2.20. The summed E-state index contributed by atoms with van der Waals surface area (Å²) in [5.74, 6) is -0.831. The van der Waals surface area contributed by atoms with Crippen molar-refractivity contribution in [3.8, 4) is 11.5 Å². The molecule has 0 bridgehead atoms. The van der Waals surface area contributed by atoms with Crippen LogP contribution < -0.4 is 36.5 Å². The normalized spacial score (nSPS) is 14.3. The predicted octanol–water partition coefficient (Wildman–Crippen LogP) is 4.41. The van der Waals surface area contributed by atoms with E-state index in [1.54, 1.807) is 84.1 Å². The third kappa shape index (κ3) is 8.91. The molecule has 5 aromatic rings. The third-order valence-electron chi connectivity index (χ3n) is 10.0. The molecule has 1 saturated heterocycles. The summed E-state index contributed by atoms with van der Waals surface area (Å²) in [6, 6.07) is 13.4. The minimum atomic E-state index is -0.562. The molecule has 1 atom stereocenters. The predicted molar refractivity (Wildman–Crippen MR) is 225 cm³/mol. The molecule has 0 radical (unpaired) electrons. The van der Waals surface area contributed by atoms with Crippen molar-refractivity contribution in [1.82, 2.24) is 28.9 Å². The highest BCUT2D eigenvalue weighted by molar-refractivity contribution is 6.07. The Labute approximate surface area is 345 Å². The van der Waals surface area contributed by atoms with Crippen LogP contribution in [0.4, 0.5) is 28.6 Å². The fraction of sp³-hybridized carbons (Fsp3) is 0.262. The van der Waals surface area contributed by atoms with E-state index >= 15 is 0 Å². The first-order valence-corrected chi connectivity index (χ1v) is 19.0. The van der Waals surface area contributed by atoms with Gasteiger partial charge in [-0.05, 0) is 48.7 Å². The lowest BCUT2D eigenvalue weighted by atomic mass is 10.1. The third-order valence-corrected chi connectivity index (χ3v) is 10.0. The van der Waals surface area contributed by atoms with E-state index in [0.717, 1.165) is 11.1 Å². The van der Waals surface area contributed by atoms with Gasteiger partial charge in [0.25, 0.3) is 23.6 Å². The van der Waals surface area contributed by atoms with E-state index in [-0.39, 0.29) is 54.1 Å². The van der Waals surface area contributed by atoms with Gasteiger partial charge in [-0.3, -0.25) is 29.0 Å². The van der Waals surface area contributed by atoms with Gasteiger partial charge in [-0.25, -0.2) is 4.98 Å². The number of nitrogens with zero attached hydrogens (tertiary/aromatic N) is 6. The summed E-state index contributed by atoms with van der Waals surface area (Å²) in [5.41, 5.74) is 10.5. The van der Waals surface area contributed by atoms with Crippen LogP contribution in [0.25, 0.3) is 0 Å². The fourth-order valence-corrected chi connectivity index (χ4v) is 6.97. The van der Waals surface area contributed by atoms with Gasteiger partial charge in [0.1, 0.15) is 11.4 Å². The molecule has 5 heterocycles. The summed E-state index contributed by atoms with van der Waals surface area (Å²) in [5, 5.41) is 11.1. The number of rotatable bonds is 14. The molecular formula is C42H45N11O7. The van der Waals surface area contributed by atoms with Gasteiger partial charge in [0.15, 0.2) is 17.3 Å². The Morgan fingerprint density at radius 1 is 0.867 bits per heavy atom. The molecule has 7 rings (SSSR count). The monoisotopic (exact) mass is 815 g/mol. The number of hydrogen-bond acceptors (Lipinski definition) is 10. The lowest BCUT2D eigenvalue weighted by Crippen LogP contribution is -2.35. The molecule has 18 heteroatoms. The van der Waals surface area contributed by atoms with Gasteiger partial charge in [-0.1, -0.05) is 24.3 Å². The Balaban J connectivity index is 0.889. The Hall–Kier alpha value is -7.63. The molecule has 1 unspecified atom stereocenters. The topological polar surface area (TPSA) is 221 Å². The van der Waals surface area contributed by atoms with Crippen molar-refractivity contribution in [3.63, 3.8) is 0 Å². The van der Waals surface area contributed by atoms with E-state index in [4.69, 9.17) is 15.2 Å². The largest absolute Gasteiger partial charge is 0.493 e. The smallest absolute Gasteiger partial charge is 0.291 e. The van der Waals surface area contributed by atoms with Crippen LogP contribution in [0.5, 0.6) is 11.5 Å². The first-order valence-electron chi connectivity index (χ1n) is 19.0. The number of aromatic nitrogens is 4. The first-order chi connectivity index (χ1) is 28.8. The summed E-state index contributed by atoms with van der Waals surface area (Å²) in [7, 11) is 6.47. The number of imidazole rings is 1. The van der Waals surface area contributed by atoms with E-state index in [1.807, 2.05) is 12.1 Å². The lowest BCUT2D eigenvalue weighted by molar-refractivity contribution is -0.116. The number of amides is 5.